The summed E-state index contributed by atoms with van der Waals surface area (Å²) >= 11 is 0. The summed E-state index contributed by atoms with van der Waals surface area (Å²) < 4.78 is 0. The number of nitrogens with zero attached hydrogens (tertiary/aromatic N) is 5. The summed E-state index contributed by atoms with van der Waals surface area (Å²) in [6.45, 7) is 3.62. The highest BCUT2D eigenvalue weighted by Crippen LogP contribution is 2.27. The van der Waals surface area contributed by atoms with Crippen LogP contribution in [0.5, 0.6) is 0 Å². The van der Waals surface area contributed by atoms with Crippen LogP contribution in [-0.4, -0.2) is 18.8 Å². The fourth-order valence-corrected chi connectivity index (χ4v) is 3.52. The third-order valence-corrected chi connectivity index (χ3v) is 5.16. The van der Waals surface area contributed by atoms with Crippen molar-refractivity contribution in [1.29, 1.82) is 15.8 Å². The molecular formula is C22H23N8+. The van der Waals surface area contributed by atoms with Crippen molar-refractivity contribution >= 4 is 23.0 Å². The molecule has 1 aromatic heterocycles. The molecule has 1 aromatic carbocycles. The van der Waals surface area contributed by atoms with Gasteiger partial charge < -0.3 is 5.73 Å². The molecule has 0 unspecified atom stereocenters. The predicted molar refractivity (Wildman–Crippen MR) is 114 cm³/mol. The van der Waals surface area contributed by atoms with E-state index in [0.717, 1.165) is 38.8 Å². The van der Waals surface area contributed by atoms with E-state index in [0.29, 0.717) is 11.5 Å². The summed E-state index contributed by atoms with van der Waals surface area (Å²) in [5.41, 5.74) is 11.1. The number of nitrogen functional groups attached to an aromatic ring is 1. The molecule has 150 valence electrons. The minimum absolute atomic E-state index is 0.0377. The van der Waals surface area contributed by atoms with E-state index in [1.807, 2.05) is 41.3 Å². The van der Waals surface area contributed by atoms with Gasteiger partial charge in [-0.2, -0.15) is 20.9 Å². The number of pyridine rings is 1. The lowest BCUT2D eigenvalue weighted by Gasteiger charge is -2.24. The number of piperidine rings is 1. The summed E-state index contributed by atoms with van der Waals surface area (Å²) in [5, 5.41) is 33.5. The monoisotopic (exact) mass is 399 g/mol. The Morgan fingerprint density at radius 2 is 1.77 bits per heavy atom. The van der Waals surface area contributed by atoms with Crippen LogP contribution in [0.25, 0.3) is 0 Å². The molecule has 1 saturated heterocycles. The van der Waals surface area contributed by atoms with Crippen molar-refractivity contribution in [2.75, 3.05) is 29.1 Å². The Balaban J connectivity index is 2.08. The van der Waals surface area contributed by atoms with Crippen LogP contribution in [-0.2, 0) is 6.42 Å². The number of H-pyrrole nitrogens is 1. The van der Waals surface area contributed by atoms with E-state index in [9.17, 15) is 15.8 Å². The number of nitrogens with two attached hydrogens (primary N) is 1. The maximum absolute atomic E-state index is 9.90. The second-order valence-corrected chi connectivity index (χ2v) is 7.02. The van der Waals surface area contributed by atoms with Crippen molar-refractivity contribution in [3.63, 3.8) is 0 Å². The van der Waals surface area contributed by atoms with Gasteiger partial charge in [0.2, 0.25) is 11.6 Å². The van der Waals surface area contributed by atoms with Crippen LogP contribution in [0.4, 0.5) is 17.3 Å². The number of hydrogen-bond donors (Lipinski definition) is 2. The van der Waals surface area contributed by atoms with E-state index in [1.54, 1.807) is 0 Å². The molecular weight excluding hydrogens is 376 g/mol. The Labute approximate surface area is 175 Å². The number of rotatable bonds is 5. The summed E-state index contributed by atoms with van der Waals surface area (Å²) in [5.74, 6) is 0.640. The van der Waals surface area contributed by atoms with Gasteiger partial charge in [-0.15, -0.1) is 0 Å². The lowest BCUT2D eigenvalue weighted by atomic mass is 9.98. The summed E-state index contributed by atoms with van der Waals surface area (Å²) in [4.78, 5) is 5.03. The number of hydrazone groups is 1. The van der Waals surface area contributed by atoms with Crippen LogP contribution in [0, 0.1) is 34.0 Å². The van der Waals surface area contributed by atoms with E-state index < -0.39 is 0 Å². The molecule has 1 aliphatic heterocycles. The fraction of sp³-hybridized carbons (Fsp3) is 0.318. The Bertz CT molecular complexity index is 1070. The van der Waals surface area contributed by atoms with Gasteiger partial charge in [-0.05, 0) is 43.4 Å². The SMILES string of the molecule is CCc1ccc(N/N=C(/C#N)c2c(C#N)c(N)[nH+]c(N3CCCCC3)c2C#N)cc1. The maximum atomic E-state index is 9.90. The Hall–Kier alpha value is -4.09. The van der Waals surface area contributed by atoms with Crippen molar-refractivity contribution in [1.82, 2.24) is 0 Å². The third-order valence-electron chi connectivity index (χ3n) is 5.16. The van der Waals surface area contributed by atoms with Crippen molar-refractivity contribution in [3.05, 3.63) is 46.5 Å². The molecule has 4 N–H and O–H groups in total. The number of benzene rings is 1. The van der Waals surface area contributed by atoms with Crippen LogP contribution in [0.15, 0.2) is 29.4 Å². The van der Waals surface area contributed by atoms with Gasteiger partial charge in [0.15, 0.2) is 5.71 Å². The summed E-state index contributed by atoms with van der Waals surface area (Å²) in [6, 6.07) is 13.8. The second-order valence-electron chi connectivity index (χ2n) is 7.02. The Morgan fingerprint density at radius 3 is 2.33 bits per heavy atom. The summed E-state index contributed by atoms with van der Waals surface area (Å²) in [6.07, 6.45) is 4.05. The molecule has 0 amide bonds. The number of aryl methyl sites for hydroxylation is 1. The highest BCUT2D eigenvalue weighted by atomic mass is 15.3. The molecule has 30 heavy (non-hydrogen) atoms. The topological polar surface area (TPSA) is 139 Å². The zero-order valence-corrected chi connectivity index (χ0v) is 16.9. The molecule has 0 aliphatic carbocycles. The predicted octanol–water partition coefficient (Wildman–Crippen LogP) is 2.72. The first-order valence-electron chi connectivity index (χ1n) is 9.89. The first-order valence-corrected chi connectivity index (χ1v) is 9.89. The van der Waals surface area contributed by atoms with E-state index in [-0.39, 0.29) is 28.2 Å². The first-order chi connectivity index (χ1) is 14.6. The van der Waals surface area contributed by atoms with Crippen LogP contribution >= 0.6 is 0 Å². The number of hydrogen-bond acceptors (Lipinski definition) is 7. The molecule has 1 aliphatic rings. The van der Waals surface area contributed by atoms with Gasteiger partial charge in [0.1, 0.15) is 29.3 Å². The van der Waals surface area contributed by atoms with Gasteiger partial charge in [-0.1, -0.05) is 19.1 Å². The Kier molecular flexibility index (Phi) is 6.47. The number of anilines is 3. The van der Waals surface area contributed by atoms with E-state index >= 15 is 0 Å². The van der Waals surface area contributed by atoms with Crippen LogP contribution in [0.1, 0.15) is 48.4 Å². The van der Waals surface area contributed by atoms with Crippen LogP contribution in [0.3, 0.4) is 0 Å². The first kappa shape index (κ1) is 20.6. The summed E-state index contributed by atoms with van der Waals surface area (Å²) in [7, 11) is 0. The molecule has 8 heteroatoms. The van der Waals surface area contributed by atoms with Gasteiger partial charge in [0.05, 0.1) is 24.3 Å². The van der Waals surface area contributed by atoms with Gasteiger partial charge in [0, 0.05) is 0 Å². The minimum Gasteiger partial charge on any atom is -0.318 e. The molecule has 0 bridgehead atoms. The Morgan fingerprint density at radius 1 is 1.10 bits per heavy atom. The molecule has 0 radical (unpaired) electrons. The quantitative estimate of drug-likeness (QED) is 0.585. The molecule has 2 heterocycles. The smallest absolute Gasteiger partial charge is 0.240 e. The molecule has 1 fully saturated rings. The standard InChI is InChI=1S/C22H22N8/c1-2-15-6-8-16(9-7-15)28-29-19(14-25)20-17(12-23)21(26)27-22(18(20)13-24)30-10-4-3-5-11-30/h6-9,28H,2-5,10-11H2,1H3,(H2,26,27)/p+1/b29-19-. The number of nitriles is 3. The van der Waals surface area contributed by atoms with Gasteiger partial charge in [-0.3, -0.25) is 10.3 Å². The van der Waals surface area contributed by atoms with Crippen molar-refractivity contribution < 1.29 is 4.98 Å². The molecule has 0 atom stereocenters. The average Bonchev–Trinajstić information content (AvgIpc) is 2.80. The van der Waals surface area contributed by atoms with Gasteiger partial charge in [0.25, 0.3) is 0 Å². The molecule has 2 aromatic rings. The van der Waals surface area contributed by atoms with Crippen LogP contribution < -0.4 is 21.0 Å². The average molecular weight is 399 g/mol. The molecule has 8 nitrogen and oxygen atoms in total. The molecule has 0 saturated carbocycles. The molecule has 0 spiro atoms. The van der Waals surface area contributed by atoms with Crippen molar-refractivity contribution in [3.8, 4) is 18.2 Å². The van der Waals surface area contributed by atoms with E-state index in [2.05, 4.69) is 28.5 Å². The van der Waals surface area contributed by atoms with Crippen molar-refractivity contribution in [2.45, 2.75) is 32.6 Å². The van der Waals surface area contributed by atoms with Crippen molar-refractivity contribution in [2.24, 2.45) is 5.10 Å². The normalized spacial score (nSPS) is 13.8. The second kappa shape index (κ2) is 9.41. The third kappa shape index (κ3) is 4.16. The lowest BCUT2D eigenvalue weighted by molar-refractivity contribution is -0.347. The maximum Gasteiger partial charge on any atom is 0.240 e. The highest BCUT2D eigenvalue weighted by molar-refractivity contribution is 6.15. The van der Waals surface area contributed by atoms with Gasteiger partial charge >= 0.3 is 0 Å². The number of aromatic nitrogens is 1. The lowest BCUT2D eigenvalue weighted by Crippen LogP contribution is -2.37. The zero-order valence-electron chi connectivity index (χ0n) is 16.9. The van der Waals surface area contributed by atoms with E-state index in [4.69, 9.17) is 5.73 Å². The zero-order chi connectivity index (χ0) is 21.5. The molecule has 3 rings (SSSR count). The van der Waals surface area contributed by atoms with Gasteiger partial charge in [-0.25, -0.2) is 4.98 Å². The largest absolute Gasteiger partial charge is 0.318 e. The number of aromatic amines is 1. The number of nitrogens with one attached hydrogen (secondary N) is 2. The van der Waals surface area contributed by atoms with Crippen LogP contribution in [0.2, 0.25) is 0 Å². The van der Waals surface area contributed by atoms with E-state index in [1.165, 1.54) is 5.56 Å². The highest BCUT2D eigenvalue weighted by Gasteiger charge is 2.29. The minimum atomic E-state index is -0.0679. The fourth-order valence-electron chi connectivity index (χ4n) is 3.52.